The second-order valence-corrected chi connectivity index (χ2v) is 10.9. The quantitative estimate of drug-likeness (QED) is 0.309. The predicted molar refractivity (Wildman–Crippen MR) is 152 cm³/mol. The molecule has 2 aromatic carbocycles. The Hall–Kier alpha value is -3.36. The van der Waals surface area contributed by atoms with E-state index in [9.17, 15) is 9.90 Å². The average molecular weight is 531 g/mol. The van der Waals surface area contributed by atoms with E-state index in [2.05, 4.69) is 57.2 Å². The number of aryl methyl sites for hydroxylation is 1. The number of piperazine rings is 1. The minimum atomic E-state index is -0.715. The number of anilines is 2. The van der Waals surface area contributed by atoms with Crippen molar-refractivity contribution in [3.63, 3.8) is 0 Å². The van der Waals surface area contributed by atoms with Gasteiger partial charge in [-0.1, -0.05) is 36.4 Å². The van der Waals surface area contributed by atoms with Crippen molar-refractivity contribution in [2.24, 2.45) is 5.92 Å². The van der Waals surface area contributed by atoms with Crippen LogP contribution in [0.15, 0.2) is 54.6 Å². The highest BCUT2D eigenvalue weighted by molar-refractivity contribution is 5.94. The molecule has 1 saturated carbocycles. The Morgan fingerprint density at radius 3 is 2.62 bits per heavy atom. The maximum Gasteiger partial charge on any atom is 0.310 e. The van der Waals surface area contributed by atoms with Crippen molar-refractivity contribution in [2.75, 3.05) is 55.9 Å². The molecular formula is C31H38N4O4. The Bertz CT molecular complexity index is 1280. The molecule has 8 heteroatoms. The van der Waals surface area contributed by atoms with E-state index in [1.165, 1.54) is 16.5 Å². The van der Waals surface area contributed by atoms with Crippen molar-refractivity contribution in [3.05, 3.63) is 60.2 Å². The van der Waals surface area contributed by atoms with E-state index in [-0.39, 0.29) is 18.6 Å². The van der Waals surface area contributed by atoms with Crippen molar-refractivity contribution in [2.45, 2.75) is 44.8 Å². The first kappa shape index (κ1) is 25.9. The van der Waals surface area contributed by atoms with Crippen LogP contribution in [-0.4, -0.2) is 73.2 Å². The molecule has 3 heterocycles. The summed E-state index contributed by atoms with van der Waals surface area (Å²) in [6.07, 6.45) is 4.43. The molecule has 0 bridgehead atoms. The summed E-state index contributed by atoms with van der Waals surface area (Å²) in [6, 6.07) is 19.1. The van der Waals surface area contributed by atoms with E-state index in [1.807, 2.05) is 12.1 Å². The number of aromatic nitrogens is 1. The molecule has 206 valence electrons. The van der Waals surface area contributed by atoms with E-state index in [1.54, 1.807) is 4.90 Å². The molecule has 0 amide bonds. The number of fused-ring (bicyclic) bond motifs is 2. The van der Waals surface area contributed by atoms with E-state index in [0.717, 1.165) is 70.4 Å². The van der Waals surface area contributed by atoms with Gasteiger partial charge in [0.05, 0.1) is 12.5 Å². The summed E-state index contributed by atoms with van der Waals surface area (Å²) in [5.74, 6) is 1.04. The lowest BCUT2D eigenvalue weighted by Crippen LogP contribution is -2.46. The molecule has 2 aliphatic heterocycles. The number of benzene rings is 2. The molecule has 39 heavy (non-hydrogen) atoms. The van der Waals surface area contributed by atoms with Crippen LogP contribution in [0, 0.1) is 5.92 Å². The standard InChI is InChI=1S/C31H38N4O4/c36-29-15-13-24-12-14-28(32-30(24)35(29)22-39-31(37)25-10-11-25)38-21-4-3-16-33-17-19-34(20-18-33)27-9-5-7-23-6-1-2-8-26(23)27/h1-2,5-9,12,14,25,29,36H,3-4,10-11,13,15-22H2. The number of nitrogens with zero attached hydrogens (tertiary/aromatic N) is 4. The van der Waals surface area contributed by atoms with Gasteiger partial charge in [-0.3, -0.25) is 14.6 Å². The van der Waals surface area contributed by atoms with Crippen molar-refractivity contribution >= 4 is 28.2 Å². The van der Waals surface area contributed by atoms with Crippen LogP contribution < -0.4 is 14.5 Å². The number of unbranched alkanes of at least 4 members (excludes halogenated alkanes) is 1. The molecule has 1 aliphatic carbocycles. The topological polar surface area (TPSA) is 78.4 Å². The number of carbonyl (C=O) groups is 1. The fourth-order valence-electron chi connectivity index (χ4n) is 5.59. The Labute approximate surface area is 230 Å². The third kappa shape index (κ3) is 6.12. The lowest BCUT2D eigenvalue weighted by atomic mass is 10.1. The van der Waals surface area contributed by atoms with Crippen LogP contribution in [0.2, 0.25) is 0 Å². The zero-order valence-corrected chi connectivity index (χ0v) is 22.5. The van der Waals surface area contributed by atoms with Crippen LogP contribution in [-0.2, 0) is 16.0 Å². The minimum absolute atomic E-state index is 0.0215. The van der Waals surface area contributed by atoms with Crippen molar-refractivity contribution in [1.82, 2.24) is 9.88 Å². The highest BCUT2D eigenvalue weighted by Gasteiger charge is 2.33. The second-order valence-electron chi connectivity index (χ2n) is 10.9. The van der Waals surface area contributed by atoms with Crippen LogP contribution in [0.1, 0.15) is 37.7 Å². The number of aliphatic hydroxyl groups excluding tert-OH is 1. The number of hydrogen-bond acceptors (Lipinski definition) is 8. The number of ether oxygens (including phenoxy) is 2. The first-order valence-corrected chi connectivity index (χ1v) is 14.3. The summed E-state index contributed by atoms with van der Waals surface area (Å²) in [4.78, 5) is 23.4. The molecule has 2 fully saturated rings. The highest BCUT2D eigenvalue weighted by atomic mass is 16.5. The maximum absolute atomic E-state index is 12.0. The van der Waals surface area contributed by atoms with Gasteiger partial charge in [-0.25, -0.2) is 0 Å². The first-order chi connectivity index (χ1) is 19.2. The number of pyridine rings is 1. The highest BCUT2D eigenvalue weighted by Crippen LogP contribution is 2.33. The minimum Gasteiger partial charge on any atom is -0.478 e. The Morgan fingerprint density at radius 2 is 1.77 bits per heavy atom. The van der Waals surface area contributed by atoms with Gasteiger partial charge in [0.25, 0.3) is 0 Å². The number of hydrogen-bond donors (Lipinski definition) is 1. The molecule has 3 aliphatic rings. The molecule has 1 saturated heterocycles. The summed E-state index contributed by atoms with van der Waals surface area (Å²) >= 11 is 0. The van der Waals surface area contributed by atoms with Crippen molar-refractivity contribution in [3.8, 4) is 5.88 Å². The molecule has 1 N–H and O–H groups in total. The molecule has 0 radical (unpaired) electrons. The van der Waals surface area contributed by atoms with Crippen molar-refractivity contribution in [1.29, 1.82) is 0 Å². The van der Waals surface area contributed by atoms with Crippen LogP contribution in [0.5, 0.6) is 5.88 Å². The van der Waals surface area contributed by atoms with Crippen LogP contribution in [0.3, 0.4) is 0 Å². The van der Waals surface area contributed by atoms with Gasteiger partial charge in [0.2, 0.25) is 5.88 Å². The van der Waals surface area contributed by atoms with E-state index >= 15 is 0 Å². The molecule has 0 spiro atoms. The zero-order chi connectivity index (χ0) is 26.6. The molecule has 1 unspecified atom stereocenters. The lowest BCUT2D eigenvalue weighted by Gasteiger charge is -2.36. The number of rotatable bonds is 10. The van der Waals surface area contributed by atoms with Crippen LogP contribution in [0.25, 0.3) is 10.8 Å². The molecule has 1 aromatic heterocycles. The van der Waals surface area contributed by atoms with Crippen molar-refractivity contribution < 1.29 is 19.4 Å². The van der Waals surface area contributed by atoms with Gasteiger partial charge in [-0.05, 0) is 68.2 Å². The molecule has 6 rings (SSSR count). The van der Waals surface area contributed by atoms with E-state index < -0.39 is 6.23 Å². The SMILES string of the molecule is O=C(OCN1c2nc(OCCCCN3CCN(c4cccc5ccccc45)CC3)ccc2CCC1O)C1CC1. The summed E-state index contributed by atoms with van der Waals surface area (Å²) in [6.45, 7) is 5.91. The van der Waals surface area contributed by atoms with Gasteiger partial charge in [0.15, 0.2) is 6.73 Å². The second kappa shape index (κ2) is 11.8. The average Bonchev–Trinajstić information content (AvgIpc) is 3.82. The third-order valence-electron chi connectivity index (χ3n) is 8.09. The molecule has 8 nitrogen and oxygen atoms in total. The third-order valence-corrected chi connectivity index (χ3v) is 8.09. The summed E-state index contributed by atoms with van der Waals surface area (Å²) in [5, 5.41) is 13.1. The molecular weight excluding hydrogens is 492 g/mol. The largest absolute Gasteiger partial charge is 0.478 e. The fraction of sp³-hybridized carbons (Fsp3) is 0.484. The Balaban J connectivity index is 0.944. The van der Waals surface area contributed by atoms with Gasteiger partial charge in [0.1, 0.15) is 12.0 Å². The lowest BCUT2D eigenvalue weighted by molar-refractivity contribution is -0.145. The summed E-state index contributed by atoms with van der Waals surface area (Å²) in [5.41, 5.74) is 2.38. The Morgan fingerprint density at radius 1 is 0.949 bits per heavy atom. The van der Waals surface area contributed by atoms with Gasteiger partial charge < -0.3 is 19.5 Å². The maximum atomic E-state index is 12.0. The number of aliphatic hydroxyl groups is 1. The summed E-state index contributed by atoms with van der Waals surface area (Å²) in [7, 11) is 0. The summed E-state index contributed by atoms with van der Waals surface area (Å²) < 4.78 is 11.4. The number of esters is 1. The molecule has 3 aromatic rings. The fourth-order valence-corrected chi connectivity index (χ4v) is 5.59. The van der Waals surface area contributed by atoms with Gasteiger partial charge in [0, 0.05) is 43.3 Å². The predicted octanol–water partition coefficient (Wildman–Crippen LogP) is 4.20. The smallest absolute Gasteiger partial charge is 0.310 e. The zero-order valence-electron chi connectivity index (χ0n) is 22.5. The van der Waals surface area contributed by atoms with Gasteiger partial charge in [-0.15, -0.1) is 0 Å². The Kier molecular flexibility index (Phi) is 7.83. The monoisotopic (exact) mass is 530 g/mol. The normalized spacial score (nSPS) is 19.7. The molecule has 1 atom stereocenters. The van der Waals surface area contributed by atoms with Crippen LogP contribution >= 0.6 is 0 Å². The number of carbonyl (C=O) groups excluding carboxylic acids is 1. The first-order valence-electron chi connectivity index (χ1n) is 14.3. The van der Waals surface area contributed by atoms with E-state index in [4.69, 9.17) is 9.47 Å². The van der Waals surface area contributed by atoms with Gasteiger partial charge >= 0.3 is 5.97 Å². The van der Waals surface area contributed by atoms with Gasteiger partial charge in [-0.2, -0.15) is 4.98 Å². The van der Waals surface area contributed by atoms with Crippen LogP contribution in [0.4, 0.5) is 11.5 Å². The van der Waals surface area contributed by atoms with E-state index in [0.29, 0.717) is 24.7 Å².